The first-order valence-corrected chi connectivity index (χ1v) is 11.6. The molecule has 3 N–H and O–H groups in total. The van der Waals surface area contributed by atoms with Gasteiger partial charge in [-0.25, -0.2) is 4.79 Å². The van der Waals surface area contributed by atoms with Crippen LogP contribution in [-0.4, -0.2) is 45.6 Å². The molecule has 0 heterocycles. The van der Waals surface area contributed by atoms with E-state index < -0.39 is 35.7 Å². The molecule has 1 amide bonds. The van der Waals surface area contributed by atoms with Crippen molar-refractivity contribution < 1.29 is 24.6 Å². The Balaban J connectivity index is 2.30. The highest BCUT2D eigenvalue weighted by Gasteiger charge is 2.48. The van der Waals surface area contributed by atoms with Gasteiger partial charge in [0.2, 0.25) is 5.91 Å². The third-order valence-corrected chi connectivity index (χ3v) is 5.99. The minimum Gasteiger partial charge on any atom is -0.481 e. The smallest absolute Gasteiger partial charge is 0.327 e. The molecule has 0 aromatic carbocycles. The van der Waals surface area contributed by atoms with Crippen molar-refractivity contribution in [2.75, 3.05) is 11.5 Å². The predicted octanol–water partition coefficient (Wildman–Crippen LogP) is 4.43. The fourth-order valence-electron chi connectivity index (χ4n) is 2.94. The van der Waals surface area contributed by atoms with Crippen LogP contribution in [0.1, 0.15) is 59.8 Å². The summed E-state index contributed by atoms with van der Waals surface area (Å²) in [5.74, 6) is -2.94. The molecule has 0 spiro atoms. The highest BCUT2D eigenvalue weighted by molar-refractivity contribution is 7.99. The van der Waals surface area contributed by atoms with Gasteiger partial charge >= 0.3 is 11.9 Å². The van der Waals surface area contributed by atoms with Gasteiger partial charge in [0.05, 0.1) is 11.8 Å². The second-order valence-corrected chi connectivity index (χ2v) is 9.26. The average molecular weight is 438 g/mol. The van der Waals surface area contributed by atoms with Gasteiger partial charge in [-0.05, 0) is 59.8 Å². The maximum atomic E-state index is 12.0. The Morgan fingerprint density at radius 1 is 0.967 bits per heavy atom. The van der Waals surface area contributed by atoms with Crippen LogP contribution in [0, 0.1) is 11.8 Å². The second kappa shape index (κ2) is 13.3. The van der Waals surface area contributed by atoms with Crippen molar-refractivity contribution in [2.45, 2.75) is 65.8 Å². The summed E-state index contributed by atoms with van der Waals surface area (Å²) in [4.78, 5) is 34.2. The van der Waals surface area contributed by atoms with Crippen molar-refractivity contribution in [3.05, 3.63) is 34.9 Å². The second-order valence-electron chi connectivity index (χ2n) is 8.18. The molecule has 30 heavy (non-hydrogen) atoms. The van der Waals surface area contributed by atoms with Gasteiger partial charge in [-0.2, -0.15) is 11.8 Å². The van der Waals surface area contributed by atoms with Crippen LogP contribution < -0.4 is 5.32 Å². The van der Waals surface area contributed by atoms with Crippen LogP contribution >= 0.6 is 11.8 Å². The van der Waals surface area contributed by atoms with Crippen LogP contribution in [0.4, 0.5) is 0 Å². The van der Waals surface area contributed by atoms with Crippen LogP contribution in [0.5, 0.6) is 0 Å². The van der Waals surface area contributed by atoms with Crippen LogP contribution in [0.3, 0.4) is 0 Å². The number of thioether (sulfide) groups is 1. The summed E-state index contributed by atoms with van der Waals surface area (Å²) >= 11 is 1.44. The van der Waals surface area contributed by atoms with Crippen LogP contribution in [0.25, 0.3) is 0 Å². The van der Waals surface area contributed by atoms with Crippen LogP contribution in [0.15, 0.2) is 34.9 Å². The molecule has 3 unspecified atom stereocenters. The Hall–Kier alpha value is -2.02. The lowest BCUT2D eigenvalue weighted by Crippen LogP contribution is -2.43. The molecule has 1 aliphatic carbocycles. The molecule has 0 bridgehead atoms. The summed E-state index contributed by atoms with van der Waals surface area (Å²) < 4.78 is 0. The van der Waals surface area contributed by atoms with Crippen LogP contribution in [-0.2, 0) is 14.4 Å². The van der Waals surface area contributed by atoms with E-state index >= 15 is 0 Å². The molecule has 0 aliphatic heterocycles. The Bertz CT molecular complexity index is 706. The van der Waals surface area contributed by atoms with Crippen molar-refractivity contribution in [1.29, 1.82) is 0 Å². The molecule has 0 aromatic heterocycles. The number of hydrogen-bond acceptors (Lipinski definition) is 4. The van der Waals surface area contributed by atoms with E-state index in [1.807, 2.05) is 0 Å². The lowest BCUT2D eigenvalue weighted by Gasteiger charge is -2.13. The van der Waals surface area contributed by atoms with Crippen molar-refractivity contribution in [3.63, 3.8) is 0 Å². The van der Waals surface area contributed by atoms with Crippen molar-refractivity contribution in [2.24, 2.45) is 11.8 Å². The number of carbonyl (C=O) groups is 3. The summed E-state index contributed by atoms with van der Waals surface area (Å²) in [6.45, 7) is 8.45. The number of carbonyl (C=O) groups excluding carboxylic acids is 1. The largest absolute Gasteiger partial charge is 0.481 e. The summed E-state index contributed by atoms with van der Waals surface area (Å²) in [6, 6.07) is -1.00. The molecular weight excluding hydrogens is 402 g/mol. The normalized spacial score (nSPS) is 19.7. The third kappa shape index (κ3) is 10.7. The van der Waals surface area contributed by atoms with Crippen molar-refractivity contribution in [1.82, 2.24) is 5.32 Å². The van der Waals surface area contributed by atoms with E-state index in [0.29, 0.717) is 5.75 Å². The molecule has 3 atom stereocenters. The third-order valence-electron chi connectivity index (χ3n) is 5.02. The predicted molar refractivity (Wildman–Crippen MR) is 122 cm³/mol. The highest BCUT2D eigenvalue weighted by atomic mass is 32.2. The summed E-state index contributed by atoms with van der Waals surface area (Å²) in [7, 11) is 0. The first-order chi connectivity index (χ1) is 14.1. The SMILES string of the molecule is CC(C)=CCC/C(C)=C/CC/C(C)=C/CSCC(NC(=O)C1CC1C(=O)O)C(=O)O. The standard InChI is InChI=1S/C23H35NO5S/c1-15(2)7-5-8-16(3)9-6-10-17(4)11-12-30-14-20(23(28)29)24-21(25)18-13-19(18)22(26)27/h7,9,11,18-20H,5-6,8,10,12-14H2,1-4H3,(H,24,25)(H,26,27)(H,28,29)/b16-9+,17-11+. The molecule has 0 radical (unpaired) electrons. The number of hydrogen-bond donors (Lipinski definition) is 3. The first-order valence-electron chi connectivity index (χ1n) is 10.4. The molecular formula is C23H35NO5S. The number of amides is 1. The Morgan fingerprint density at radius 2 is 1.57 bits per heavy atom. The van der Waals surface area contributed by atoms with Gasteiger partial charge in [-0.3, -0.25) is 9.59 Å². The van der Waals surface area contributed by atoms with Gasteiger partial charge in [0.25, 0.3) is 0 Å². The van der Waals surface area contributed by atoms with Gasteiger partial charge in [0.15, 0.2) is 0 Å². The number of carboxylic acids is 2. The number of rotatable bonds is 14. The van der Waals surface area contributed by atoms with Gasteiger partial charge in [0, 0.05) is 11.5 Å². The topological polar surface area (TPSA) is 104 Å². The van der Waals surface area contributed by atoms with E-state index in [1.54, 1.807) is 0 Å². The lowest BCUT2D eigenvalue weighted by atomic mass is 10.1. The fraction of sp³-hybridized carbons (Fsp3) is 0.609. The van der Waals surface area contributed by atoms with Crippen molar-refractivity contribution in [3.8, 4) is 0 Å². The molecule has 1 fully saturated rings. The van der Waals surface area contributed by atoms with E-state index in [1.165, 1.54) is 28.5 Å². The maximum Gasteiger partial charge on any atom is 0.327 e. The number of allylic oxidation sites excluding steroid dienone is 5. The number of aliphatic carboxylic acids is 2. The van der Waals surface area contributed by atoms with Crippen molar-refractivity contribution >= 4 is 29.6 Å². The molecule has 1 saturated carbocycles. The molecule has 0 aromatic rings. The zero-order valence-electron chi connectivity index (χ0n) is 18.4. The van der Waals surface area contributed by atoms with Gasteiger partial charge < -0.3 is 15.5 Å². The Morgan fingerprint density at radius 3 is 2.10 bits per heavy atom. The highest BCUT2D eigenvalue weighted by Crippen LogP contribution is 2.38. The quantitative estimate of drug-likeness (QED) is 0.274. The molecule has 1 rings (SSSR count). The van der Waals surface area contributed by atoms with Gasteiger partial charge in [-0.1, -0.05) is 34.9 Å². The molecule has 6 nitrogen and oxygen atoms in total. The number of nitrogens with one attached hydrogen (secondary N) is 1. The zero-order valence-corrected chi connectivity index (χ0v) is 19.3. The lowest BCUT2D eigenvalue weighted by molar-refractivity contribution is -0.142. The zero-order chi connectivity index (χ0) is 22.7. The summed E-state index contributed by atoms with van der Waals surface area (Å²) in [6.07, 6.45) is 11.0. The van der Waals surface area contributed by atoms with Gasteiger partial charge in [0.1, 0.15) is 6.04 Å². The van der Waals surface area contributed by atoms with E-state index in [9.17, 15) is 19.5 Å². The molecule has 0 saturated heterocycles. The Labute approximate surface area is 183 Å². The number of carboxylic acid groups (broad SMARTS) is 2. The average Bonchev–Trinajstić information content (AvgIpc) is 3.44. The van der Waals surface area contributed by atoms with Gasteiger partial charge in [-0.15, -0.1) is 0 Å². The molecule has 1 aliphatic rings. The van der Waals surface area contributed by atoms with E-state index in [0.717, 1.165) is 25.7 Å². The minimum absolute atomic E-state index is 0.249. The monoisotopic (exact) mass is 437 g/mol. The van der Waals surface area contributed by atoms with Crippen LogP contribution in [0.2, 0.25) is 0 Å². The fourth-order valence-corrected chi connectivity index (χ4v) is 3.94. The maximum absolute atomic E-state index is 12.0. The van der Waals surface area contributed by atoms with E-state index in [4.69, 9.17) is 5.11 Å². The van der Waals surface area contributed by atoms with E-state index in [-0.39, 0.29) is 12.2 Å². The first kappa shape index (κ1) is 26.0. The Kier molecular flexibility index (Phi) is 11.5. The molecule has 7 heteroatoms. The summed E-state index contributed by atoms with van der Waals surface area (Å²) in [5.41, 5.74) is 4.00. The van der Waals surface area contributed by atoms with E-state index in [2.05, 4.69) is 51.2 Å². The summed E-state index contributed by atoms with van der Waals surface area (Å²) in [5, 5.41) is 20.6. The minimum atomic E-state index is -1.10. The molecule has 168 valence electrons.